The van der Waals surface area contributed by atoms with E-state index in [1.54, 1.807) is 0 Å². The lowest BCUT2D eigenvalue weighted by Gasteiger charge is -2.29. The number of amides is 1. The molecule has 8 heteroatoms. The molecule has 2 aliphatic rings. The normalized spacial score (nSPS) is 21.3. The van der Waals surface area contributed by atoms with Crippen LogP contribution >= 0.6 is 11.8 Å². The Morgan fingerprint density at radius 2 is 2.07 bits per heavy atom. The molecule has 1 aromatic heterocycles. The molecule has 144 valence electrons. The van der Waals surface area contributed by atoms with E-state index in [-0.39, 0.29) is 12.7 Å². The van der Waals surface area contributed by atoms with Crippen molar-refractivity contribution in [3.8, 4) is 22.9 Å². The van der Waals surface area contributed by atoms with Crippen LogP contribution in [0.25, 0.3) is 11.4 Å². The van der Waals surface area contributed by atoms with Crippen LogP contribution < -0.4 is 14.8 Å². The van der Waals surface area contributed by atoms with E-state index < -0.39 is 0 Å². The summed E-state index contributed by atoms with van der Waals surface area (Å²) in [6, 6.07) is 6.01. The summed E-state index contributed by atoms with van der Waals surface area (Å²) in [5.74, 6) is 3.15. The quantitative estimate of drug-likeness (QED) is 0.794. The van der Waals surface area contributed by atoms with Crippen molar-refractivity contribution in [2.75, 3.05) is 12.5 Å². The van der Waals surface area contributed by atoms with Crippen molar-refractivity contribution in [2.24, 2.45) is 13.0 Å². The van der Waals surface area contributed by atoms with Gasteiger partial charge in [0.25, 0.3) is 0 Å². The zero-order chi connectivity index (χ0) is 18.8. The summed E-state index contributed by atoms with van der Waals surface area (Å²) in [5, 5.41) is 12.4. The van der Waals surface area contributed by atoms with Gasteiger partial charge in [0.15, 0.2) is 22.5 Å². The Morgan fingerprint density at radius 3 is 2.93 bits per heavy atom. The fourth-order valence-electron chi connectivity index (χ4n) is 3.64. The second-order valence-electron chi connectivity index (χ2n) is 7.16. The largest absolute Gasteiger partial charge is 0.454 e. The summed E-state index contributed by atoms with van der Waals surface area (Å²) in [6.07, 6.45) is 4.74. The first kappa shape index (κ1) is 18.2. The number of carbonyl (C=O) groups excluding carboxylic acids is 1. The third-order valence-electron chi connectivity index (χ3n) is 5.26. The van der Waals surface area contributed by atoms with Crippen molar-refractivity contribution in [1.82, 2.24) is 20.1 Å². The van der Waals surface area contributed by atoms with Gasteiger partial charge in [-0.25, -0.2) is 0 Å². The second-order valence-corrected chi connectivity index (χ2v) is 8.10. The van der Waals surface area contributed by atoms with E-state index in [2.05, 4.69) is 22.4 Å². The number of ether oxygens (including phenoxy) is 2. The number of rotatable bonds is 5. The van der Waals surface area contributed by atoms with Gasteiger partial charge in [0.2, 0.25) is 12.7 Å². The van der Waals surface area contributed by atoms with Crippen molar-refractivity contribution in [3.63, 3.8) is 0 Å². The zero-order valence-electron chi connectivity index (χ0n) is 15.6. The van der Waals surface area contributed by atoms with Gasteiger partial charge in [-0.2, -0.15) is 0 Å². The topological polar surface area (TPSA) is 78.3 Å². The van der Waals surface area contributed by atoms with Crippen LogP contribution in [0.5, 0.6) is 11.5 Å². The van der Waals surface area contributed by atoms with Gasteiger partial charge in [-0.05, 0) is 37.0 Å². The number of hydrogen-bond donors (Lipinski definition) is 1. The summed E-state index contributed by atoms with van der Waals surface area (Å²) in [7, 11) is 1.91. The van der Waals surface area contributed by atoms with E-state index in [0.29, 0.717) is 23.5 Å². The van der Waals surface area contributed by atoms with Crippen molar-refractivity contribution in [2.45, 2.75) is 43.8 Å². The first-order chi connectivity index (χ1) is 13.1. The lowest BCUT2D eigenvalue weighted by atomic mass is 9.86. The summed E-state index contributed by atoms with van der Waals surface area (Å²) in [6.45, 7) is 2.46. The van der Waals surface area contributed by atoms with Gasteiger partial charge >= 0.3 is 0 Å². The average molecular weight is 388 g/mol. The highest BCUT2D eigenvalue weighted by Gasteiger charge is 2.23. The minimum Gasteiger partial charge on any atom is -0.454 e. The van der Waals surface area contributed by atoms with Crippen LogP contribution in [0, 0.1) is 5.92 Å². The zero-order valence-corrected chi connectivity index (χ0v) is 16.4. The molecule has 0 bridgehead atoms. The standard InChI is InChI=1S/C19H24N4O3S/c1-12-5-3-4-6-14(12)20-17(24)10-27-19-22-21-18(23(19)2)13-7-8-15-16(9-13)26-11-25-15/h7-9,12,14H,3-6,10-11H2,1-2H3,(H,20,24)/t12-,14-/m1/s1. The maximum Gasteiger partial charge on any atom is 0.231 e. The number of nitrogens with zero attached hydrogens (tertiary/aromatic N) is 3. The van der Waals surface area contributed by atoms with E-state index in [9.17, 15) is 4.79 Å². The molecule has 0 spiro atoms. The SMILES string of the molecule is C[C@@H]1CCCC[C@H]1NC(=O)CSc1nnc(-c2ccc3c(c2)OCO3)n1C. The Morgan fingerprint density at radius 1 is 1.26 bits per heavy atom. The second kappa shape index (κ2) is 7.80. The molecular weight excluding hydrogens is 364 g/mol. The average Bonchev–Trinajstić information content (AvgIpc) is 3.27. The van der Waals surface area contributed by atoms with Gasteiger partial charge in [-0.15, -0.1) is 10.2 Å². The molecule has 1 aromatic carbocycles. The predicted octanol–water partition coefficient (Wildman–Crippen LogP) is 3.00. The van der Waals surface area contributed by atoms with Crippen molar-refractivity contribution >= 4 is 17.7 Å². The molecular formula is C19H24N4O3S. The summed E-state index contributed by atoms with van der Waals surface area (Å²) < 4.78 is 12.7. The van der Waals surface area contributed by atoms with Gasteiger partial charge in [-0.1, -0.05) is 31.5 Å². The predicted molar refractivity (Wildman–Crippen MR) is 103 cm³/mol. The van der Waals surface area contributed by atoms with E-state index in [0.717, 1.165) is 28.7 Å². The number of hydrogen-bond acceptors (Lipinski definition) is 6. The van der Waals surface area contributed by atoms with Gasteiger partial charge in [-0.3, -0.25) is 4.79 Å². The number of carbonyl (C=O) groups is 1. The first-order valence-corrected chi connectivity index (χ1v) is 10.3. The minimum absolute atomic E-state index is 0.0615. The molecule has 2 atom stereocenters. The van der Waals surface area contributed by atoms with Crippen molar-refractivity contribution in [3.05, 3.63) is 18.2 Å². The molecule has 1 amide bonds. The van der Waals surface area contributed by atoms with Gasteiger partial charge in [0.1, 0.15) is 0 Å². The minimum atomic E-state index is 0.0615. The number of thioether (sulfide) groups is 1. The molecule has 4 rings (SSSR count). The van der Waals surface area contributed by atoms with Gasteiger partial charge in [0, 0.05) is 18.7 Å². The molecule has 0 radical (unpaired) electrons. The van der Waals surface area contributed by atoms with Crippen LogP contribution in [-0.4, -0.2) is 39.3 Å². The highest BCUT2D eigenvalue weighted by molar-refractivity contribution is 7.99. The monoisotopic (exact) mass is 388 g/mol. The summed E-state index contributed by atoms with van der Waals surface area (Å²) in [4.78, 5) is 12.3. The molecule has 2 heterocycles. The Bertz CT molecular complexity index is 838. The van der Waals surface area contributed by atoms with E-state index >= 15 is 0 Å². The number of benzene rings is 1. The van der Waals surface area contributed by atoms with Crippen molar-refractivity contribution < 1.29 is 14.3 Å². The third kappa shape index (κ3) is 3.90. The molecule has 1 fully saturated rings. The molecule has 1 aliphatic heterocycles. The third-order valence-corrected chi connectivity index (χ3v) is 6.28. The fourth-order valence-corrected chi connectivity index (χ4v) is 4.36. The molecule has 1 aliphatic carbocycles. The van der Waals surface area contributed by atoms with Gasteiger partial charge < -0.3 is 19.4 Å². The van der Waals surface area contributed by atoms with Crippen molar-refractivity contribution in [1.29, 1.82) is 0 Å². The van der Waals surface area contributed by atoms with E-state index in [4.69, 9.17) is 9.47 Å². The Labute approximate surface area is 162 Å². The first-order valence-electron chi connectivity index (χ1n) is 9.33. The molecule has 0 unspecified atom stereocenters. The summed E-state index contributed by atoms with van der Waals surface area (Å²) >= 11 is 1.41. The van der Waals surface area contributed by atoms with Crippen LogP contribution in [0.4, 0.5) is 0 Å². The maximum atomic E-state index is 12.3. The molecule has 1 N–H and O–H groups in total. The fraction of sp³-hybridized carbons (Fsp3) is 0.526. The molecule has 1 saturated carbocycles. The van der Waals surface area contributed by atoms with Crippen LogP contribution in [-0.2, 0) is 11.8 Å². The van der Waals surface area contributed by atoms with Crippen LogP contribution in [0.1, 0.15) is 32.6 Å². The maximum absolute atomic E-state index is 12.3. The highest BCUT2D eigenvalue weighted by Crippen LogP contribution is 2.35. The smallest absolute Gasteiger partial charge is 0.231 e. The van der Waals surface area contributed by atoms with Crippen LogP contribution in [0.15, 0.2) is 23.4 Å². The highest BCUT2D eigenvalue weighted by atomic mass is 32.2. The molecule has 27 heavy (non-hydrogen) atoms. The van der Waals surface area contributed by atoms with Crippen LogP contribution in [0.3, 0.4) is 0 Å². The Balaban J connectivity index is 1.38. The van der Waals surface area contributed by atoms with E-state index in [1.165, 1.54) is 31.0 Å². The lowest BCUT2D eigenvalue weighted by molar-refractivity contribution is -0.119. The number of aromatic nitrogens is 3. The molecule has 2 aromatic rings. The number of nitrogens with one attached hydrogen (secondary N) is 1. The summed E-state index contributed by atoms with van der Waals surface area (Å²) in [5.41, 5.74) is 0.904. The van der Waals surface area contributed by atoms with E-state index in [1.807, 2.05) is 29.8 Å². The number of fused-ring (bicyclic) bond motifs is 1. The molecule has 0 saturated heterocycles. The Kier molecular flexibility index (Phi) is 5.24. The lowest BCUT2D eigenvalue weighted by Crippen LogP contribution is -2.41. The van der Waals surface area contributed by atoms with Crippen LogP contribution in [0.2, 0.25) is 0 Å². The molecule has 7 nitrogen and oxygen atoms in total. The Hall–Kier alpha value is -2.22. The van der Waals surface area contributed by atoms with Gasteiger partial charge in [0.05, 0.1) is 5.75 Å².